The zero-order chi connectivity index (χ0) is 21.0. The molecule has 0 radical (unpaired) electrons. The molecule has 1 aromatic carbocycles. The van der Waals surface area contributed by atoms with Crippen LogP contribution in [0.4, 0.5) is 5.82 Å². The van der Waals surface area contributed by atoms with Crippen LogP contribution in [0.3, 0.4) is 0 Å². The van der Waals surface area contributed by atoms with Crippen molar-refractivity contribution < 1.29 is 13.3 Å². The Morgan fingerprint density at radius 3 is 2.57 bits per heavy atom. The lowest BCUT2D eigenvalue weighted by Crippen LogP contribution is -3.12. The van der Waals surface area contributed by atoms with Crippen molar-refractivity contribution in [2.24, 2.45) is 5.10 Å². The molecular formula is C22H30N5O2S+. The Morgan fingerprint density at radius 2 is 1.87 bits per heavy atom. The van der Waals surface area contributed by atoms with Gasteiger partial charge in [-0.15, -0.1) is 0 Å². The van der Waals surface area contributed by atoms with Gasteiger partial charge in [-0.3, -0.25) is 5.43 Å². The molecule has 0 bridgehead atoms. The number of piperazine rings is 1. The molecule has 0 unspecified atom stereocenters. The van der Waals surface area contributed by atoms with E-state index in [1.54, 1.807) is 16.4 Å². The van der Waals surface area contributed by atoms with Gasteiger partial charge in [-0.2, -0.15) is 9.41 Å². The summed E-state index contributed by atoms with van der Waals surface area (Å²) in [7, 11) is -1.40. The van der Waals surface area contributed by atoms with Crippen molar-refractivity contribution in [1.29, 1.82) is 0 Å². The Bertz CT molecular complexity index is 968. The lowest BCUT2D eigenvalue weighted by Gasteiger charge is -2.29. The van der Waals surface area contributed by atoms with Gasteiger partial charge in [0.25, 0.3) is 0 Å². The number of aromatic nitrogens is 1. The number of hydrogen-bond donors (Lipinski definition) is 2. The number of anilines is 1. The van der Waals surface area contributed by atoms with E-state index < -0.39 is 10.0 Å². The summed E-state index contributed by atoms with van der Waals surface area (Å²) in [5, 5.41) is 4.64. The maximum atomic E-state index is 12.8. The van der Waals surface area contributed by atoms with Crippen molar-refractivity contribution in [2.45, 2.75) is 36.5 Å². The van der Waals surface area contributed by atoms with Gasteiger partial charge in [-0.25, -0.2) is 13.4 Å². The number of nitrogens with one attached hydrogen (secondary N) is 2. The number of likely N-dealkylation sites (N-methyl/N-ethyl adjacent to an activating group) is 1. The van der Waals surface area contributed by atoms with Crippen LogP contribution >= 0.6 is 0 Å². The smallest absolute Gasteiger partial charge is 0.245 e. The number of hydrazone groups is 1. The minimum Gasteiger partial charge on any atom is -0.335 e. The minimum absolute atomic E-state index is 0.236. The van der Waals surface area contributed by atoms with Gasteiger partial charge in [0, 0.05) is 17.8 Å². The van der Waals surface area contributed by atoms with E-state index in [4.69, 9.17) is 0 Å². The molecule has 1 atom stereocenters. The molecule has 2 heterocycles. The molecule has 2 fully saturated rings. The Hall–Kier alpha value is -2.29. The summed E-state index contributed by atoms with van der Waals surface area (Å²) in [6.07, 6.45) is 5.84. The normalized spacial score (nSPS) is 22.8. The van der Waals surface area contributed by atoms with Crippen LogP contribution in [0.5, 0.6) is 0 Å². The minimum atomic E-state index is -3.49. The zero-order valence-corrected chi connectivity index (χ0v) is 18.2. The van der Waals surface area contributed by atoms with Crippen molar-refractivity contribution in [2.75, 3.05) is 38.7 Å². The summed E-state index contributed by atoms with van der Waals surface area (Å²) in [6, 6.07) is 13.8. The molecule has 1 aromatic heterocycles. The maximum absolute atomic E-state index is 12.8. The van der Waals surface area contributed by atoms with Crippen LogP contribution in [-0.2, 0) is 10.0 Å². The quantitative estimate of drug-likeness (QED) is 0.711. The van der Waals surface area contributed by atoms with Crippen LogP contribution in [0.25, 0.3) is 0 Å². The first kappa shape index (κ1) is 21.0. The number of rotatable bonds is 5. The lowest BCUT2D eigenvalue weighted by atomic mass is 9.82. The van der Waals surface area contributed by atoms with E-state index in [1.165, 1.54) is 23.1 Å². The van der Waals surface area contributed by atoms with Crippen molar-refractivity contribution in [1.82, 2.24) is 9.29 Å². The van der Waals surface area contributed by atoms with Gasteiger partial charge in [-0.05, 0) is 37.0 Å². The van der Waals surface area contributed by atoms with Gasteiger partial charge < -0.3 is 4.90 Å². The predicted octanol–water partition coefficient (Wildman–Crippen LogP) is 1.73. The first-order valence-corrected chi connectivity index (χ1v) is 12.1. The summed E-state index contributed by atoms with van der Waals surface area (Å²) in [5.41, 5.74) is 5.47. The molecule has 7 nitrogen and oxygen atoms in total. The second-order valence-corrected chi connectivity index (χ2v) is 10.1. The van der Waals surface area contributed by atoms with Crippen molar-refractivity contribution in [3.8, 4) is 0 Å². The number of quaternary nitrogens is 1. The molecule has 2 aliphatic rings. The molecule has 1 aliphatic heterocycles. The van der Waals surface area contributed by atoms with Gasteiger partial charge in [-0.1, -0.05) is 36.8 Å². The number of hydrogen-bond acceptors (Lipinski definition) is 5. The third-order valence-electron chi connectivity index (χ3n) is 6.04. The maximum Gasteiger partial charge on any atom is 0.245 e. The average Bonchev–Trinajstić information content (AvgIpc) is 2.79. The van der Waals surface area contributed by atoms with Crippen molar-refractivity contribution in [3.05, 3.63) is 54.2 Å². The highest BCUT2D eigenvalue weighted by atomic mass is 32.2. The van der Waals surface area contributed by atoms with E-state index in [9.17, 15) is 8.42 Å². The monoisotopic (exact) mass is 428 g/mol. The lowest BCUT2D eigenvalue weighted by molar-refractivity contribution is -0.883. The van der Waals surface area contributed by atoms with Crippen molar-refractivity contribution in [3.63, 3.8) is 0 Å². The number of pyridine rings is 1. The first-order chi connectivity index (χ1) is 14.5. The van der Waals surface area contributed by atoms with Crippen LogP contribution in [0, 0.1) is 0 Å². The Balaban J connectivity index is 1.45. The molecule has 2 N–H and O–H groups in total. The summed E-state index contributed by atoms with van der Waals surface area (Å²) < 4.78 is 27.2. The molecule has 1 saturated carbocycles. The number of sulfonamides is 1. The Kier molecular flexibility index (Phi) is 6.46. The largest absolute Gasteiger partial charge is 0.335 e. The average molecular weight is 429 g/mol. The zero-order valence-electron chi connectivity index (χ0n) is 17.4. The molecule has 8 heteroatoms. The summed E-state index contributed by atoms with van der Waals surface area (Å²) in [5.74, 6) is 0.883. The summed E-state index contributed by atoms with van der Waals surface area (Å²) in [6.45, 7) is 2.74. The topological polar surface area (TPSA) is 79.1 Å². The summed E-state index contributed by atoms with van der Waals surface area (Å²) >= 11 is 0. The number of nitrogens with zero attached hydrogens (tertiary/aromatic N) is 3. The molecule has 1 aliphatic carbocycles. The van der Waals surface area contributed by atoms with E-state index >= 15 is 0 Å². The van der Waals surface area contributed by atoms with Gasteiger partial charge in [0.05, 0.1) is 33.2 Å². The second-order valence-electron chi connectivity index (χ2n) is 8.16. The standard InChI is InChI=1S/C22H29N5O2S/c1-26-13-15-27(16-14-26)30(28,29)19-11-12-22(23-17-19)25-24-21-10-6-5-9-20(21)18-7-3-2-4-8-18/h2-4,7-8,11-12,17,20H,5-6,9-10,13-16H2,1H3,(H,23,25)/p+1/t20-/m0/s1. The molecule has 4 rings (SSSR count). The van der Waals surface area contributed by atoms with Crippen LogP contribution in [0.15, 0.2) is 58.7 Å². The van der Waals surface area contributed by atoms with Gasteiger partial charge in [0.1, 0.15) is 10.7 Å². The SMILES string of the molecule is C[NH+]1CCN(S(=O)(=O)c2ccc(NN=C3CCCC[C@H]3c3ccccc3)nc2)CC1. The highest BCUT2D eigenvalue weighted by Crippen LogP contribution is 2.31. The fourth-order valence-electron chi connectivity index (χ4n) is 4.16. The van der Waals surface area contributed by atoms with Gasteiger partial charge in [0.2, 0.25) is 10.0 Å². The summed E-state index contributed by atoms with van der Waals surface area (Å²) in [4.78, 5) is 5.90. The molecule has 30 heavy (non-hydrogen) atoms. The van der Waals surface area contributed by atoms with E-state index in [2.05, 4.69) is 46.8 Å². The molecule has 0 spiro atoms. The van der Waals surface area contributed by atoms with Crippen LogP contribution in [0.1, 0.15) is 37.2 Å². The van der Waals surface area contributed by atoms with Crippen molar-refractivity contribution >= 4 is 21.6 Å². The molecule has 160 valence electrons. The molecule has 1 saturated heterocycles. The first-order valence-electron chi connectivity index (χ1n) is 10.7. The van der Waals surface area contributed by atoms with Crippen LogP contribution in [-0.4, -0.2) is 56.6 Å². The van der Waals surface area contributed by atoms with Crippen LogP contribution < -0.4 is 10.3 Å². The van der Waals surface area contributed by atoms with Gasteiger partial charge >= 0.3 is 0 Å². The molecule has 2 aromatic rings. The van der Waals surface area contributed by atoms with E-state index in [1.807, 2.05) is 6.07 Å². The highest BCUT2D eigenvalue weighted by Gasteiger charge is 2.29. The molecular weight excluding hydrogens is 398 g/mol. The van der Waals surface area contributed by atoms with Gasteiger partial charge in [0.15, 0.2) is 0 Å². The van der Waals surface area contributed by atoms with Crippen LogP contribution in [0.2, 0.25) is 0 Å². The third-order valence-corrected chi connectivity index (χ3v) is 7.93. The predicted molar refractivity (Wildman–Crippen MR) is 118 cm³/mol. The Labute approximate surface area is 178 Å². The molecule has 0 amide bonds. The fourth-order valence-corrected chi connectivity index (χ4v) is 5.55. The highest BCUT2D eigenvalue weighted by molar-refractivity contribution is 7.89. The third kappa shape index (κ3) is 4.71. The van der Waals surface area contributed by atoms with E-state index in [0.29, 0.717) is 24.8 Å². The number of benzene rings is 1. The fraction of sp³-hybridized carbons (Fsp3) is 0.455. The Morgan fingerprint density at radius 1 is 1.10 bits per heavy atom. The second kappa shape index (κ2) is 9.24. The van der Waals surface area contributed by atoms with E-state index in [0.717, 1.165) is 38.1 Å². The van der Waals surface area contributed by atoms with E-state index in [-0.39, 0.29) is 4.90 Å².